The van der Waals surface area contributed by atoms with Gasteiger partial charge in [-0.2, -0.15) is 0 Å². The molecule has 8 heteroatoms. The van der Waals surface area contributed by atoms with Crippen LogP contribution in [0.3, 0.4) is 0 Å². The molecule has 0 radical (unpaired) electrons. The van der Waals surface area contributed by atoms with Gasteiger partial charge in [0.1, 0.15) is 31.0 Å². The third-order valence-corrected chi connectivity index (χ3v) is 7.21. The summed E-state index contributed by atoms with van der Waals surface area (Å²) in [6, 6.07) is 39.3. The van der Waals surface area contributed by atoms with Gasteiger partial charge in [-0.05, 0) is 22.3 Å². The summed E-state index contributed by atoms with van der Waals surface area (Å²) in [5.74, 6) is -1.11. The van der Waals surface area contributed by atoms with E-state index in [1.165, 1.54) is 0 Å². The van der Waals surface area contributed by atoms with E-state index in [1.807, 2.05) is 121 Å². The largest absolute Gasteiger partial charge is 0.480 e. The molecule has 0 bridgehead atoms. The maximum atomic E-state index is 11.6. The van der Waals surface area contributed by atoms with Gasteiger partial charge >= 0.3 is 5.97 Å². The molecule has 3 unspecified atom stereocenters. The first kappa shape index (κ1) is 31.5. The summed E-state index contributed by atoms with van der Waals surface area (Å²) >= 11 is 0. The third-order valence-electron chi connectivity index (χ3n) is 7.21. The number of rotatable bonds is 16. The predicted octanol–water partition coefficient (Wildman–Crippen LogP) is 5.79. The fourth-order valence-electron chi connectivity index (χ4n) is 5.03. The molecule has 0 amide bonds. The molecule has 0 saturated carbocycles. The SMILES string of the molecule is O=C(O)COC1OC(COCc2ccccc2)[C@@H](OCc2ccccc2)C(OCc2ccccc2)[C@H]1OCc1ccccc1. The Morgan fingerprint density at radius 1 is 0.545 bits per heavy atom. The van der Waals surface area contributed by atoms with Crippen molar-refractivity contribution in [3.63, 3.8) is 0 Å². The Bertz CT molecular complexity index is 1370. The number of carboxylic acids is 1. The topological polar surface area (TPSA) is 92.7 Å². The van der Waals surface area contributed by atoms with E-state index in [2.05, 4.69) is 0 Å². The number of hydrogen-bond donors (Lipinski definition) is 1. The molecular formula is C36H38O8. The van der Waals surface area contributed by atoms with Crippen LogP contribution in [0.2, 0.25) is 0 Å². The Labute approximate surface area is 258 Å². The minimum atomic E-state index is -1.11. The number of hydrogen-bond acceptors (Lipinski definition) is 7. The van der Waals surface area contributed by atoms with Crippen molar-refractivity contribution in [3.8, 4) is 0 Å². The van der Waals surface area contributed by atoms with Crippen LogP contribution >= 0.6 is 0 Å². The number of carbonyl (C=O) groups is 1. The molecule has 0 aliphatic carbocycles. The Balaban J connectivity index is 1.42. The van der Waals surface area contributed by atoms with Gasteiger partial charge in [-0.25, -0.2) is 4.79 Å². The van der Waals surface area contributed by atoms with Crippen molar-refractivity contribution in [2.24, 2.45) is 0 Å². The smallest absolute Gasteiger partial charge is 0.329 e. The van der Waals surface area contributed by atoms with Gasteiger partial charge in [0.2, 0.25) is 0 Å². The molecule has 1 fully saturated rings. The molecule has 4 aromatic rings. The summed E-state index contributed by atoms with van der Waals surface area (Å²) < 4.78 is 37.9. The van der Waals surface area contributed by atoms with Crippen molar-refractivity contribution in [2.75, 3.05) is 13.2 Å². The monoisotopic (exact) mass is 598 g/mol. The van der Waals surface area contributed by atoms with Crippen LogP contribution in [0.15, 0.2) is 121 Å². The molecule has 1 heterocycles. The molecule has 1 N–H and O–H groups in total. The maximum absolute atomic E-state index is 11.6. The zero-order valence-electron chi connectivity index (χ0n) is 24.5. The summed E-state index contributed by atoms with van der Waals surface area (Å²) in [6.07, 6.45) is -3.79. The predicted molar refractivity (Wildman–Crippen MR) is 163 cm³/mol. The summed E-state index contributed by atoms with van der Waals surface area (Å²) in [5, 5.41) is 9.45. The van der Waals surface area contributed by atoms with Gasteiger partial charge in [0.15, 0.2) is 6.29 Å². The van der Waals surface area contributed by atoms with E-state index in [0.29, 0.717) is 13.2 Å². The van der Waals surface area contributed by atoms with E-state index in [9.17, 15) is 9.90 Å². The number of carboxylic acid groups (broad SMARTS) is 1. The fraction of sp³-hybridized carbons (Fsp3) is 0.306. The van der Waals surface area contributed by atoms with Crippen LogP contribution in [0.5, 0.6) is 0 Å². The molecule has 1 saturated heterocycles. The van der Waals surface area contributed by atoms with Gasteiger partial charge in [0.05, 0.1) is 33.0 Å². The fourth-order valence-corrected chi connectivity index (χ4v) is 5.03. The summed E-state index contributed by atoms with van der Waals surface area (Å²) in [7, 11) is 0. The summed E-state index contributed by atoms with van der Waals surface area (Å²) in [5.41, 5.74) is 3.93. The van der Waals surface area contributed by atoms with Gasteiger partial charge in [0.25, 0.3) is 0 Å². The summed E-state index contributed by atoms with van der Waals surface area (Å²) in [4.78, 5) is 11.6. The zero-order chi connectivity index (χ0) is 30.4. The number of benzene rings is 4. The molecule has 8 nitrogen and oxygen atoms in total. The minimum absolute atomic E-state index is 0.165. The Morgan fingerprint density at radius 3 is 1.41 bits per heavy atom. The van der Waals surface area contributed by atoms with Gasteiger partial charge in [-0.3, -0.25) is 0 Å². The van der Waals surface area contributed by atoms with Gasteiger partial charge < -0.3 is 33.5 Å². The number of aliphatic carboxylic acids is 1. The van der Waals surface area contributed by atoms with Crippen molar-refractivity contribution in [1.82, 2.24) is 0 Å². The molecule has 0 spiro atoms. The lowest BCUT2D eigenvalue weighted by molar-refractivity contribution is -0.327. The highest BCUT2D eigenvalue weighted by Crippen LogP contribution is 2.31. The van der Waals surface area contributed by atoms with Crippen LogP contribution in [-0.2, 0) is 59.6 Å². The molecule has 44 heavy (non-hydrogen) atoms. The van der Waals surface area contributed by atoms with Crippen molar-refractivity contribution in [3.05, 3.63) is 144 Å². The molecule has 230 valence electrons. The van der Waals surface area contributed by atoms with Gasteiger partial charge in [-0.15, -0.1) is 0 Å². The average Bonchev–Trinajstić information content (AvgIpc) is 3.07. The highest BCUT2D eigenvalue weighted by atomic mass is 16.7. The van der Waals surface area contributed by atoms with Crippen molar-refractivity contribution >= 4 is 5.97 Å². The lowest BCUT2D eigenvalue weighted by Crippen LogP contribution is -2.62. The average molecular weight is 599 g/mol. The molecule has 0 aromatic heterocycles. The molecular weight excluding hydrogens is 560 g/mol. The van der Waals surface area contributed by atoms with E-state index in [0.717, 1.165) is 22.3 Å². The highest BCUT2D eigenvalue weighted by Gasteiger charge is 2.49. The van der Waals surface area contributed by atoms with Crippen LogP contribution in [0.4, 0.5) is 0 Å². The molecule has 4 aromatic carbocycles. The standard InChI is InChI=1S/C36H38O8/c37-32(38)26-43-36-35(42-24-30-19-11-4-12-20-30)34(41-23-29-17-9-3-10-18-29)33(40-22-28-15-7-2-8-16-28)31(44-36)25-39-21-27-13-5-1-6-14-27/h1-20,31,33-36H,21-26H2,(H,37,38)/t31?,33-,34?,35-,36?/m1/s1. The lowest BCUT2D eigenvalue weighted by atomic mass is 9.97. The van der Waals surface area contributed by atoms with Crippen LogP contribution in [0, 0.1) is 0 Å². The van der Waals surface area contributed by atoms with Crippen LogP contribution in [-0.4, -0.2) is 55.0 Å². The number of ether oxygens (including phenoxy) is 6. The van der Waals surface area contributed by atoms with E-state index in [-0.39, 0.29) is 19.8 Å². The van der Waals surface area contributed by atoms with Crippen molar-refractivity contribution in [2.45, 2.75) is 57.1 Å². The minimum Gasteiger partial charge on any atom is -0.480 e. The highest BCUT2D eigenvalue weighted by molar-refractivity contribution is 5.68. The van der Waals surface area contributed by atoms with Gasteiger partial charge in [-0.1, -0.05) is 121 Å². The maximum Gasteiger partial charge on any atom is 0.329 e. The lowest BCUT2D eigenvalue weighted by Gasteiger charge is -2.45. The first-order chi connectivity index (χ1) is 21.7. The van der Waals surface area contributed by atoms with E-state index in [1.54, 1.807) is 0 Å². The van der Waals surface area contributed by atoms with Crippen molar-refractivity contribution in [1.29, 1.82) is 0 Å². The zero-order valence-corrected chi connectivity index (χ0v) is 24.5. The van der Waals surface area contributed by atoms with Crippen LogP contribution < -0.4 is 0 Å². The molecule has 5 rings (SSSR count). The van der Waals surface area contributed by atoms with Crippen molar-refractivity contribution < 1.29 is 38.3 Å². The quantitative estimate of drug-likeness (QED) is 0.173. The Morgan fingerprint density at radius 2 is 0.955 bits per heavy atom. The normalized spacial score (nSPS) is 21.6. The Kier molecular flexibility index (Phi) is 12.1. The first-order valence-electron chi connectivity index (χ1n) is 14.7. The van der Waals surface area contributed by atoms with Gasteiger partial charge in [0, 0.05) is 0 Å². The second-order valence-electron chi connectivity index (χ2n) is 10.5. The second kappa shape index (κ2) is 16.8. The third kappa shape index (κ3) is 9.56. The second-order valence-corrected chi connectivity index (χ2v) is 10.5. The molecule has 1 aliphatic heterocycles. The van der Waals surface area contributed by atoms with E-state index in [4.69, 9.17) is 28.4 Å². The summed E-state index contributed by atoms with van der Waals surface area (Å²) in [6.45, 7) is 0.808. The molecule has 5 atom stereocenters. The molecule has 1 aliphatic rings. The van der Waals surface area contributed by atoms with Crippen LogP contribution in [0.1, 0.15) is 22.3 Å². The van der Waals surface area contributed by atoms with Crippen LogP contribution in [0.25, 0.3) is 0 Å². The van der Waals surface area contributed by atoms with E-state index < -0.39 is 43.3 Å². The first-order valence-corrected chi connectivity index (χ1v) is 14.7. The van der Waals surface area contributed by atoms with E-state index >= 15 is 0 Å². The Hall–Kier alpha value is -3.89.